The minimum Gasteiger partial charge on any atom is -0.343 e. The van der Waals surface area contributed by atoms with E-state index in [1.54, 1.807) is 36.4 Å². The summed E-state index contributed by atoms with van der Waals surface area (Å²) in [6.45, 7) is 1.87. The molecule has 2 aromatic rings. The van der Waals surface area contributed by atoms with Crippen molar-refractivity contribution in [1.82, 2.24) is 16.1 Å². The summed E-state index contributed by atoms with van der Waals surface area (Å²) in [4.78, 5) is 36.0. The van der Waals surface area contributed by atoms with Gasteiger partial charge in [-0.3, -0.25) is 19.6 Å². The van der Waals surface area contributed by atoms with Gasteiger partial charge in [-0.1, -0.05) is 23.4 Å². The number of carbonyl (C=O) groups is 3. The molecule has 0 spiro atoms. The van der Waals surface area contributed by atoms with Gasteiger partial charge in [0, 0.05) is 28.6 Å². The van der Waals surface area contributed by atoms with E-state index in [9.17, 15) is 23.2 Å². The molecule has 2 aromatic carbocycles. The number of alkyl halides is 2. The summed E-state index contributed by atoms with van der Waals surface area (Å²) in [5, 5.41) is 13.6. The summed E-state index contributed by atoms with van der Waals surface area (Å²) in [6, 6.07) is 10.8. The molecule has 0 saturated heterocycles. The molecule has 0 saturated carbocycles. The highest BCUT2D eigenvalue weighted by Gasteiger charge is 2.48. The quantitative estimate of drug-likeness (QED) is 0.300. The highest BCUT2D eigenvalue weighted by molar-refractivity contribution is 6.30. The molecule has 4 N–H and O–H groups in total. The van der Waals surface area contributed by atoms with Crippen molar-refractivity contribution in [2.75, 3.05) is 0 Å². The highest BCUT2D eigenvalue weighted by Crippen LogP contribution is 2.21. The molecule has 0 radical (unpaired) electrons. The summed E-state index contributed by atoms with van der Waals surface area (Å²) >= 11 is 5.82. The summed E-state index contributed by atoms with van der Waals surface area (Å²) in [5.41, 5.74) is 0.130. The Morgan fingerprint density at radius 1 is 1.00 bits per heavy atom. The van der Waals surface area contributed by atoms with Crippen LogP contribution in [0.5, 0.6) is 0 Å². The molecular weight excluding hydrogens is 444 g/mol. The van der Waals surface area contributed by atoms with Gasteiger partial charge in [-0.2, -0.15) is 0 Å². The number of benzene rings is 2. The molecule has 0 bridgehead atoms. The Morgan fingerprint density at radius 2 is 1.50 bits per heavy atom. The van der Waals surface area contributed by atoms with Crippen LogP contribution >= 0.6 is 11.6 Å². The Balaban J connectivity index is 2.22. The van der Waals surface area contributed by atoms with Crippen molar-refractivity contribution in [3.8, 4) is 11.8 Å². The first-order valence-electron chi connectivity index (χ1n) is 9.26. The molecule has 0 heterocycles. The molecule has 0 aromatic heterocycles. The fourth-order valence-corrected chi connectivity index (χ4v) is 2.91. The maximum absolute atomic E-state index is 13.7. The molecule has 0 aliphatic rings. The van der Waals surface area contributed by atoms with Gasteiger partial charge in [-0.05, 0) is 55.5 Å². The van der Waals surface area contributed by atoms with Crippen LogP contribution in [-0.2, 0) is 9.59 Å². The maximum atomic E-state index is 13.7. The van der Waals surface area contributed by atoms with Crippen LogP contribution in [0.3, 0.4) is 0 Å². The van der Waals surface area contributed by atoms with E-state index in [0.717, 1.165) is 19.4 Å². The number of rotatable bonds is 6. The summed E-state index contributed by atoms with van der Waals surface area (Å²) in [5.74, 6) is 2.80. The average Bonchev–Trinajstić information content (AvgIpc) is 2.76. The van der Waals surface area contributed by atoms with Crippen LogP contribution in [0.1, 0.15) is 35.3 Å². The van der Waals surface area contributed by atoms with Gasteiger partial charge in [0.1, 0.15) is 11.6 Å². The van der Waals surface area contributed by atoms with Crippen molar-refractivity contribution in [3.63, 3.8) is 0 Å². The molecule has 1 unspecified atom stereocenters. The SMILES string of the molecule is CC(=O)NC(C)(C(F)F)[C@H](NC(=O)c1ccc(C#Cc2ccc(Cl)cc2)cc1)C(=O)NO. The largest absolute Gasteiger partial charge is 0.343 e. The minimum absolute atomic E-state index is 0.0530. The molecule has 32 heavy (non-hydrogen) atoms. The van der Waals surface area contributed by atoms with Gasteiger partial charge in [0.25, 0.3) is 18.2 Å². The van der Waals surface area contributed by atoms with E-state index in [1.807, 2.05) is 5.32 Å². The van der Waals surface area contributed by atoms with Gasteiger partial charge >= 0.3 is 0 Å². The zero-order chi connectivity index (χ0) is 23.9. The van der Waals surface area contributed by atoms with Gasteiger partial charge in [0.05, 0.1) is 0 Å². The van der Waals surface area contributed by atoms with Crippen molar-refractivity contribution < 1.29 is 28.4 Å². The van der Waals surface area contributed by atoms with Crippen molar-refractivity contribution >= 4 is 29.3 Å². The predicted molar refractivity (Wildman–Crippen MR) is 113 cm³/mol. The van der Waals surface area contributed by atoms with Crippen LogP contribution < -0.4 is 16.1 Å². The van der Waals surface area contributed by atoms with Crippen molar-refractivity contribution in [2.45, 2.75) is 31.9 Å². The van der Waals surface area contributed by atoms with Crippen molar-refractivity contribution in [3.05, 3.63) is 70.2 Å². The number of hydrogen-bond donors (Lipinski definition) is 4. The summed E-state index contributed by atoms with van der Waals surface area (Å²) in [7, 11) is 0. The first-order chi connectivity index (χ1) is 15.1. The van der Waals surface area contributed by atoms with Crippen LogP contribution in [0.2, 0.25) is 5.02 Å². The number of hydroxylamine groups is 1. The monoisotopic (exact) mass is 463 g/mol. The Hall–Kier alpha value is -3.48. The molecule has 10 heteroatoms. The molecule has 0 fully saturated rings. The zero-order valence-corrected chi connectivity index (χ0v) is 17.8. The lowest BCUT2D eigenvalue weighted by molar-refractivity contribution is -0.137. The first kappa shape index (κ1) is 24.8. The topological polar surface area (TPSA) is 108 Å². The number of nitrogens with one attached hydrogen (secondary N) is 3. The summed E-state index contributed by atoms with van der Waals surface area (Å²) in [6.07, 6.45) is -3.24. The van der Waals surface area contributed by atoms with Crippen LogP contribution in [0.4, 0.5) is 8.78 Å². The normalized spacial score (nSPS) is 13.2. The standard InChI is InChI=1S/C22H20ClF2N3O4/c1-13(29)27-22(2,21(24)25)18(20(31)28-32)26-19(30)16-9-5-14(6-10-16)3-4-15-7-11-17(23)12-8-15/h5-12,18,21,32H,1-2H3,(H,26,30)(H,27,29)(H,28,31)/t18-,22?/m1/s1. The van der Waals surface area contributed by atoms with Crippen LogP contribution in [0.25, 0.3) is 0 Å². The van der Waals surface area contributed by atoms with Crippen molar-refractivity contribution in [1.29, 1.82) is 0 Å². The lowest BCUT2D eigenvalue weighted by Gasteiger charge is -2.36. The lowest BCUT2D eigenvalue weighted by Crippen LogP contribution is -2.68. The third-order valence-corrected chi connectivity index (χ3v) is 4.74. The van der Waals surface area contributed by atoms with E-state index < -0.39 is 35.7 Å². The third-order valence-electron chi connectivity index (χ3n) is 4.49. The molecule has 2 rings (SSSR count). The summed E-state index contributed by atoms with van der Waals surface area (Å²) < 4.78 is 27.4. The predicted octanol–water partition coefficient (Wildman–Crippen LogP) is 2.50. The van der Waals surface area contributed by atoms with E-state index in [0.29, 0.717) is 10.6 Å². The fourth-order valence-electron chi connectivity index (χ4n) is 2.78. The highest BCUT2D eigenvalue weighted by atomic mass is 35.5. The van der Waals surface area contributed by atoms with Crippen molar-refractivity contribution in [2.24, 2.45) is 0 Å². The number of carbonyl (C=O) groups excluding carboxylic acids is 3. The Labute approximate surface area is 188 Å². The van der Waals surface area contributed by atoms with E-state index in [2.05, 4.69) is 17.2 Å². The second kappa shape index (κ2) is 10.7. The van der Waals surface area contributed by atoms with E-state index in [1.165, 1.54) is 17.6 Å². The Bertz CT molecular complexity index is 1050. The molecule has 0 aliphatic carbocycles. The zero-order valence-electron chi connectivity index (χ0n) is 17.1. The molecule has 3 amide bonds. The van der Waals surface area contributed by atoms with Gasteiger partial charge in [0.15, 0.2) is 0 Å². The minimum atomic E-state index is -3.24. The second-order valence-corrected chi connectivity index (χ2v) is 7.42. The smallest absolute Gasteiger partial charge is 0.268 e. The van der Waals surface area contributed by atoms with E-state index in [4.69, 9.17) is 16.8 Å². The molecule has 0 aliphatic heterocycles. The molecule has 7 nitrogen and oxygen atoms in total. The van der Waals surface area contributed by atoms with E-state index in [-0.39, 0.29) is 5.56 Å². The lowest BCUT2D eigenvalue weighted by atomic mass is 9.91. The van der Waals surface area contributed by atoms with E-state index >= 15 is 0 Å². The molecule has 168 valence electrons. The van der Waals surface area contributed by atoms with Crippen LogP contribution in [0.15, 0.2) is 48.5 Å². The fraction of sp³-hybridized carbons (Fsp3) is 0.227. The van der Waals surface area contributed by atoms with Gasteiger partial charge in [0.2, 0.25) is 5.91 Å². The Morgan fingerprint density at radius 3 is 1.94 bits per heavy atom. The third kappa shape index (κ3) is 6.26. The van der Waals surface area contributed by atoms with Gasteiger partial charge in [-0.25, -0.2) is 14.3 Å². The van der Waals surface area contributed by atoms with Gasteiger partial charge in [-0.15, -0.1) is 0 Å². The number of halogens is 3. The second-order valence-electron chi connectivity index (χ2n) is 6.98. The molecular formula is C22H20ClF2N3O4. The molecule has 2 atom stereocenters. The van der Waals surface area contributed by atoms with Gasteiger partial charge < -0.3 is 10.6 Å². The first-order valence-corrected chi connectivity index (χ1v) is 9.64. The number of hydrogen-bond acceptors (Lipinski definition) is 4. The number of amides is 3. The van der Waals surface area contributed by atoms with Crippen LogP contribution in [-0.4, -0.2) is 40.9 Å². The average molecular weight is 464 g/mol. The van der Waals surface area contributed by atoms with Crippen LogP contribution in [0, 0.1) is 11.8 Å². The maximum Gasteiger partial charge on any atom is 0.268 e. The Kier molecular flexibility index (Phi) is 8.29.